The Morgan fingerprint density at radius 3 is 2.65 bits per heavy atom. The fourth-order valence-electron chi connectivity index (χ4n) is 3.44. The van der Waals surface area contributed by atoms with Crippen molar-refractivity contribution in [3.05, 3.63) is 0 Å². The first-order chi connectivity index (χ1) is 9.56. The number of carboxylic acids is 1. The second-order valence-electron chi connectivity index (χ2n) is 6.37. The van der Waals surface area contributed by atoms with Crippen LogP contribution in [-0.4, -0.2) is 41.1 Å². The van der Waals surface area contributed by atoms with Gasteiger partial charge in [0.05, 0.1) is 0 Å². The maximum Gasteiger partial charge on any atom is 0.317 e. The number of nitrogens with zero attached hydrogens (tertiary/aromatic N) is 1. The largest absolute Gasteiger partial charge is 0.481 e. The molecule has 2 fully saturated rings. The van der Waals surface area contributed by atoms with Crippen molar-refractivity contribution in [2.75, 3.05) is 13.1 Å². The minimum absolute atomic E-state index is 0.00108. The molecule has 2 N–H and O–H groups in total. The highest BCUT2D eigenvalue weighted by molar-refractivity contribution is 5.75. The third-order valence-corrected chi connectivity index (χ3v) is 4.69. The number of carbonyl (C=O) groups excluding carboxylic acids is 1. The summed E-state index contributed by atoms with van der Waals surface area (Å²) in [6.07, 6.45) is 6.70. The second kappa shape index (κ2) is 6.95. The van der Waals surface area contributed by atoms with Gasteiger partial charge in [0.15, 0.2) is 0 Å². The third-order valence-electron chi connectivity index (χ3n) is 4.69. The molecule has 0 aromatic heterocycles. The molecule has 1 saturated carbocycles. The van der Waals surface area contributed by atoms with E-state index in [9.17, 15) is 9.59 Å². The molecule has 0 radical (unpaired) electrons. The van der Waals surface area contributed by atoms with Crippen molar-refractivity contribution in [1.29, 1.82) is 0 Å². The fourth-order valence-corrected chi connectivity index (χ4v) is 3.44. The van der Waals surface area contributed by atoms with E-state index in [0.717, 1.165) is 25.8 Å². The van der Waals surface area contributed by atoms with Gasteiger partial charge in [-0.1, -0.05) is 19.8 Å². The van der Waals surface area contributed by atoms with Crippen LogP contribution in [0.3, 0.4) is 0 Å². The molecule has 1 aliphatic carbocycles. The molecule has 3 atom stereocenters. The monoisotopic (exact) mass is 282 g/mol. The Kier molecular flexibility index (Phi) is 5.26. The number of likely N-dealkylation sites (tertiary alicyclic amines) is 1. The van der Waals surface area contributed by atoms with Crippen molar-refractivity contribution in [2.24, 2.45) is 11.8 Å². The van der Waals surface area contributed by atoms with E-state index in [4.69, 9.17) is 5.11 Å². The van der Waals surface area contributed by atoms with Crippen LogP contribution in [0.5, 0.6) is 0 Å². The number of carboxylic acid groups (broad SMARTS) is 1. The Balaban J connectivity index is 1.83. The van der Waals surface area contributed by atoms with E-state index in [2.05, 4.69) is 12.2 Å². The minimum atomic E-state index is -0.766. The van der Waals surface area contributed by atoms with E-state index in [0.29, 0.717) is 12.5 Å². The molecule has 2 rings (SSSR count). The van der Waals surface area contributed by atoms with E-state index in [1.165, 1.54) is 19.3 Å². The first-order valence-electron chi connectivity index (χ1n) is 7.83. The van der Waals surface area contributed by atoms with Crippen LogP contribution >= 0.6 is 0 Å². The van der Waals surface area contributed by atoms with Gasteiger partial charge in [0, 0.05) is 25.6 Å². The third kappa shape index (κ3) is 4.12. The second-order valence-corrected chi connectivity index (χ2v) is 6.37. The van der Waals surface area contributed by atoms with E-state index < -0.39 is 5.97 Å². The smallest absolute Gasteiger partial charge is 0.317 e. The van der Waals surface area contributed by atoms with Crippen molar-refractivity contribution in [3.8, 4) is 0 Å². The molecule has 2 aliphatic rings. The first-order valence-corrected chi connectivity index (χ1v) is 7.83. The van der Waals surface area contributed by atoms with Gasteiger partial charge in [-0.3, -0.25) is 4.79 Å². The summed E-state index contributed by atoms with van der Waals surface area (Å²) in [6, 6.07) is 0.287. The summed E-state index contributed by atoms with van der Waals surface area (Å²) in [4.78, 5) is 24.9. The Hall–Kier alpha value is -1.26. The Morgan fingerprint density at radius 1 is 1.20 bits per heavy atom. The number of urea groups is 1. The van der Waals surface area contributed by atoms with Crippen LogP contribution in [-0.2, 0) is 4.79 Å². The van der Waals surface area contributed by atoms with E-state index in [1.54, 1.807) is 4.90 Å². The average molecular weight is 282 g/mol. The van der Waals surface area contributed by atoms with Crippen LogP contribution in [0.4, 0.5) is 4.79 Å². The standard InChI is InChI=1S/C15H26N2O3/c1-11-5-2-3-7-13(11)16-15(20)17-8-4-6-12(10-17)9-14(18)19/h11-13H,2-10H2,1H3,(H,16,20)(H,18,19). The topological polar surface area (TPSA) is 69.6 Å². The van der Waals surface area contributed by atoms with Gasteiger partial charge >= 0.3 is 12.0 Å². The molecule has 1 aliphatic heterocycles. The summed E-state index contributed by atoms with van der Waals surface area (Å²) in [7, 11) is 0. The van der Waals surface area contributed by atoms with Gasteiger partial charge in [-0.2, -0.15) is 0 Å². The lowest BCUT2D eigenvalue weighted by molar-refractivity contribution is -0.138. The van der Waals surface area contributed by atoms with E-state index in [1.807, 2.05) is 0 Å². The number of hydrogen-bond acceptors (Lipinski definition) is 2. The fraction of sp³-hybridized carbons (Fsp3) is 0.867. The van der Waals surface area contributed by atoms with Crippen LogP contribution in [0, 0.1) is 11.8 Å². The molecule has 114 valence electrons. The number of hydrogen-bond donors (Lipinski definition) is 2. The molecule has 20 heavy (non-hydrogen) atoms. The highest BCUT2D eigenvalue weighted by Crippen LogP contribution is 2.25. The van der Waals surface area contributed by atoms with E-state index in [-0.39, 0.29) is 24.4 Å². The number of amides is 2. The summed E-state index contributed by atoms with van der Waals surface area (Å²) in [5.74, 6) is -0.110. The quantitative estimate of drug-likeness (QED) is 0.835. The summed E-state index contributed by atoms with van der Waals surface area (Å²) in [5.41, 5.74) is 0. The SMILES string of the molecule is CC1CCCCC1NC(=O)N1CCCC(CC(=O)O)C1. The van der Waals surface area contributed by atoms with Crippen molar-refractivity contribution in [2.45, 2.75) is 57.9 Å². The predicted octanol–water partition coefficient (Wildman–Crippen LogP) is 2.46. The van der Waals surface area contributed by atoms with Gasteiger partial charge in [-0.25, -0.2) is 4.79 Å². The highest BCUT2D eigenvalue weighted by Gasteiger charge is 2.28. The zero-order valence-electron chi connectivity index (χ0n) is 12.3. The van der Waals surface area contributed by atoms with Gasteiger partial charge in [-0.15, -0.1) is 0 Å². The van der Waals surface area contributed by atoms with Crippen LogP contribution in [0.1, 0.15) is 51.9 Å². The molecule has 1 heterocycles. The molecular formula is C15H26N2O3. The molecular weight excluding hydrogens is 256 g/mol. The van der Waals surface area contributed by atoms with Crippen LogP contribution in [0.25, 0.3) is 0 Å². The number of aliphatic carboxylic acids is 1. The van der Waals surface area contributed by atoms with Crippen molar-refractivity contribution < 1.29 is 14.7 Å². The molecule has 0 bridgehead atoms. The molecule has 0 aromatic rings. The summed E-state index contributed by atoms with van der Waals surface area (Å²) in [6.45, 7) is 3.54. The number of nitrogens with one attached hydrogen (secondary N) is 1. The van der Waals surface area contributed by atoms with Crippen LogP contribution in [0.15, 0.2) is 0 Å². The van der Waals surface area contributed by atoms with Crippen LogP contribution in [0.2, 0.25) is 0 Å². The van der Waals surface area contributed by atoms with Gasteiger partial charge in [0.1, 0.15) is 0 Å². The van der Waals surface area contributed by atoms with Crippen molar-refractivity contribution >= 4 is 12.0 Å². The lowest BCUT2D eigenvalue weighted by atomic mass is 9.86. The predicted molar refractivity (Wildman–Crippen MR) is 76.5 cm³/mol. The maximum absolute atomic E-state index is 12.3. The highest BCUT2D eigenvalue weighted by atomic mass is 16.4. The van der Waals surface area contributed by atoms with Gasteiger partial charge in [0.25, 0.3) is 0 Å². The normalized spacial score (nSPS) is 30.9. The Morgan fingerprint density at radius 2 is 1.95 bits per heavy atom. The number of piperidine rings is 1. The number of rotatable bonds is 3. The zero-order valence-corrected chi connectivity index (χ0v) is 12.3. The van der Waals surface area contributed by atoms with Crippen LogP contribution < -0.4 is 5.32 Å². The zero-order chi connectivity index (χ0) is 14.5. The molecule has 1 saturated heterocycles. The van der Waals surface area contributed by atoms with E-state index >= 15 is 0 Å². The molecule has 0 spiro atoms. The van der Waals surface area contributed by atoms with Gasteiger partial charge in [-0.05, 0) is 37.5 Å². The number of carbonyl (C=O) groups is 2. The van der Waals surface area contributed by atoms with Gasteiger partial charge < -0.3 is 15.3 Å². The Bertz CT molecular complexity index is 359. The summed E-state index contributed by atoms with van der Waals surface area (Å²) in [5, 5.41) is 12.0. The molecule has 5 nitrogen and oxygen atoms in total. The first kappa shape index (κ1) is 15.1. The molecule has 5 heteroatoms. The lowest BCUT2D eigenvalue weighted by Gasteiger charge is -2.35. The molecule has 2 amide bonds. The lowest BCUT2D eigenvalue weighted by Crippen LogP contribution is -2.51. The Labute approximate surface area is 120 Å². The van der Waals surface area contributed by atoms with Crippen molar-refractivity contribution in [3.63, 3.8) is 0 Å². The summed E-state index contributed by atoms with van der Waals surface area (Å²) >= 11 is 0. The summed E-state index contributed by atoms with van der Waals surface area (Å²) < 4.78 is 0. The van der Waals surface area contributed by atoms with Gasteiger partial charge in [0.2, 0.25) is 0 Å². The van der Waals surface area contributed by atoms with Crippen molar-refractivity contribution in [1.82, 2.24) is 10.2 Å². The minimum Gasteiger partial charge on any atom is -0.481 e. The average Bonchev–Trinajstić information content (AvgIpc) is 2.41. The molecule has 3 unspecified atom stereocenters. The molecule has 0 aromatic carbocycles. The maximum atomic E-state index is 12.3.